The van der Waals surface area contributed by atoms with Gasteiger partial charge < -0.3 is 20.9 Å². The summed E-state index contributed by atoms with van der Waals surface area (Å²) in [6, 6.07) is 12.2. The van der Waals surface area contributed by atoms with Crippen LogP contribution >= 0.6 is 0 Å². The molecule has 0 spiro atoms. The molecule has 0 unspecified atom stereocenters. The Kier molecular flexibility index (Phi) is 6.26. The number of rotatable bonds is 6. The van der Waals surface area contributed by atoms with E-state index in [-0.39, 0.29) is 11.7 Å². The van der Waals surface area contributed by atoms with Gasteiger partial charge in [-0.15, -0.1) is 0 Å². The number of amides is 1. The number of benzene rings is 2. The first-order chi connectivity index (χ1) is 13.6. The van der Waals surface area contributed by atoms with E-state index in [0.717, 1.165) is 28.5 Å². The van der Waals surface area contributed by atoms with Crippen LogP contribution in [-0.2, 0) is 13.0 Å². The third kappa shape index (κ3) is 4.68. The van der Waals surface area contributed by atoms with Crippen LogP contribution in [0.5, 0.6) is 0 Å². The van der Waals surface area contributed by atoms with Crippen LogP contribution in [-0.4, -0.2) is 37.5 Å². The Labute approximate surface area is 163 Å². The summed E-state index contributed by atoms with van der Waals surface area (Å²) in [5, 5.41) is 10.0. The molecule has 1 aromatic heterocycles. The number of aromatic amines is 1. The molecule has 7 heteroatoms. The van der Waals surface area contributed by atoms with E-state index in [4.69, 9.17) is 0 Å². The van der Waals surface area contributed by atoms with Crippen LogP contribution in [0.25, 0.3) is 10.9 Å². The maximum absolute atomic E-state index is 13.5. The van der Waals surface area contributed by atoms with Crippen LogP contribution < -0.4 is 16.0 Å². The smallest absolute Gasteiger partial charge is 0.251 e. The summed E-state index contributed by atoms with van der Waals surface area (Å²) >= 11 is 0. The minimum absolute atomic E-state index is 0.112. The molecule has 0 bridgehead atoms. The van der Waals surface area contributed by atoms with E-state index in [1.165, 1.54) is 6.07 Å². The molecular formula is C21H24FN5O. The normalized spacial score (nSPS) is 11.5. The van der Waals surface area contributed by atoms with Crippen molar-refractivity contribution in [2.75, 3.05) is 20.6 Å². The monoisotopic (exact) mass is 381 g/mol. The molecule has 0 atom stereocenters. The van der Waals surface area contributed by atoms with Crippen molar-refractivity contribution in [3.05, 3.63) is 71.2 Å². The molecule has 0 aliphatic carbocycles. The summed E-state index contributed by atoms with van der Waals surface area (Å²) in [4.78, 5) is 19.1. The van der Waals surface area contributed by atoms with Gasteiger partial charge >= 0.3 is 0 Å². The molecule has 2 aromatic carbocycles. The van der Waals surface area contributed by atoms with Gasteiger partial charge in [-0.1, -0.05) is 12.1 Å². The van der Waals surface area contributed by atoms with Gasteiger partial charge in [0.25, 0.3) is 5.91 Å². The van der Waals surface area contributed by atoms with Crippen LogP contribution in [0.1, 0.15) is 21.5 Å². The lowest BCUT2D eigenvalue weighted by Crippen LogP contribution is -2.37. The van der Waals surface area contributed by atoms with Crippen molar-refractivity contribution < 1.29 is 9.18 Å². The van der Waals surface area contributed by atoms with E-state index in [1.54, 1.807) is 32.3 Å². The fourth-order valence-corrected chi connectivity index (χ4v) is 3.05. The molecule has 0 fully saturated rings. The number of halogens is 1. The average Bonchev–Trinajstić information content (AvgIpc) is 3.12. The zero-order chi connectivity index (χ0) is 19.9. The molecule has 0 aliphatic rings. The number of guanidine groups is 1. The van der Waals surface area contributed by atoms with Crippen molar-refractivity contribution in [1.82, 2.24) is 20.9 Å². The van der Waals surface area contributed by atoms with Gasteiger partial charge in [-0.3, -0.25) is 9.79 Å². The number of H-pyrrole nitrogens is 1. The number of nitrogens with one attached hydrogen (secondary N) is 4. The SMILES string of the molecule is CN=C(NCCc1c[nH]c2ccc(F)cc12)NCc1cccc(C(=O)NC)c1. The second-order valence-corrected chi connectivity index (χ2v) is 6.39. The molecule has 1 amide bonds. The van der Waals surface area contributed by atoms with Gasteiger partial charge in [-0.05, 0) is 47.9 Å². The lowest BCUT2D eigenvalue weighted by molar-refractivity contribution is 0.0963. The number of carbonyl (C=O) groups excluding carboxylic acids is 1. The minimum atomic E-state index is -0.238. The van der Waals surface area contributed by atoms with Crippen molar-refractivity contribution in [2.24, 2.45) is 4.99 Å². The predicted octanol–water partition coefficient (Wildman–Crippen LogP) is 2.57. The van der Waals surface area contributed by atoms with Crippen molar-refractivity contribution in [3.8, 4) is 0 Å². The molecule has 1 heterocycles. The zero-order valence-corrected chi connectivity index (χ0v) is 16.0. The Hall–Kier alpha value is -3.35. The van der Waals surface area contributed by atoms with Gasteiger partial charge in [0.1, 0.15) is 5.82 Å². The van der Waals surface area contributed by atoms with Crippen LogP contribution in [0, 0.1) is 5.82 Å². The van der Waals surface area contributed by atoms with Gasteiger partial charge in [0.2, 0.25) is 0 Å². The number of aliphatic imine (C=N–C) groups is 1. The maximum Gasteiger partial charge on any atom is 0.251 e. The number of hydrogen-bond donors (Lipinski definition) is 4. The number of nitrogens with zero attached hydrogens (tertiary/aromatic N) is 1. The van der Waals surface area contributed by atoms with Gasteiger partial charge in [-0.25, -0.2) is 4.39 Å². The Morgan fingerprint density at radius 3 is 2.82 bits per heavy atom. The Bertz CT molecular complexity index is 995. The third-order valence-electron chi connectivity index (χ3n) is 4.52. The standard InChI is InChI=1S/C21H24FN5O/c1-23-20(28)15-5-3-4-14(10-15)12-27-21(24-2)25-9-8-16-13-26-19-7-6-17(22)11-18(16)19/h3-7,10-11,13,26H,8-9,12H2,1-2H3,(H,23,28)(H2,24,25,27). The molecule has 0 saturated carbocycles. The lowest BCUT2D eigenvalue weighted by Gasteiger charge is -2.12. The van der Waals surface area contributed by atoms with Crippen LogP contribution in [0.4, 0.5) is 4.39 Å². The summed E-state index contributed by atoms with van der Waals surface area (Å²) in [7, 11) is 3.32. The second-order valence-electron chi connectivity index (χ2n) is 6.39. The largest absolute Gasteiger partial charge is 0.361 e. The summed E-state index contributed by atoms with van der Waals surface area (Å²) in [6.45, 7) is 1.20. The van der Waals surface area contributed by atoms with Crippen molar-refractivity contribution in [2.45, 2.75) is 13.0 Å². The molecule has 146 valence electrons. The van der Waals surface area contributed by atoms with Crippen molar-refractivity contribution in [3.63, 3.8) is 0 Å². The molecule has 3 aromatic rings. The van der Waals surface area contributed by atoms with E-state index in [2.05, 4.69) is 25.9 Å². The first-order valence-corrected chi connectivity index (χ1v) is 9.11. The highest BCUT2D eigenvalue weighted by molar-refractivity contribution is 5.94. The topological polar surface area (TPSA) is 81.3 Å². The van der Waals surface area contributed by atoms with Gasteiger partial charge in [0.15, 0.2) is 5.96 Å². The van der Waals surface area contributed by atoms with Crippen molar-refractivity contribution in [1.29, 1.82) is 0 Å². The third-order valence-corrected chi connectivity index (χ3v) is 4.52. The highest BCUT2D eigenvalue weighted by Crippen LogP contribution is 2.19. The highest BCUT2D eigenvalue weighted by Gasteiger charge is 2.07. The minimum Gasteiger partial charge on any atom is -0.361 e. The van der Waals surface area contributed by atoms with Gasteiger partial charge in [-0.2, -0.15) is 0 Å². The second kappa shape index (κ2) is 9.03. The van der Waals surface area contributed by atoms with Crippen molar-refractivity contribution >= 4 is 22.8 Å². The highest BCUT2D eigenvalue weighted by atomic mass is 19.1. The summed E-state index contributed by atoms with van der Waals surface area (Å²) in [5.41, 5.74) is 3.58. The molecule has 0 saturated heterocycles. The summed E-state index contributed by atoms with van der Waals surface area (Å²) in [5.74, 6) is 0.314. The lowest BCUT2D eigenvalue weighted by atomic mass is 10.1. The Morgan fingerprint density at radius 1 is 1.18 bits per heavy atom. The van der Waals surface area contributed by atoms with Gasteiger partial charge in [0.05, 0.1) is 0 Å². The molecule has 4 N–H and O–H groups in total. The first-order valence-electron chi connectivity index (χ1n) is 9.11. The van der Waals surface area contributed by atoms with Crippen LogP contribution in [0.2, 0.25) is 0 Å². The number of hydrogen-bond acceptors (Lipinski definition) is 2. The van der Waals surface area contributed by atoms with Crippen LogP contribution in [0.3, 0.4) is 0 Å². The fraction of sp³-hybridized carbons (Fsp3) is 0.238. The molecule has 0 aliphatic heterocycles. The molecule has 3 rings (SSSR count). The van der Waals surface area contributed by atoms with E-state index in [9.17, 15) is 9.18 Å². The van der Waals surface area contributed by atoms with E-state index < -0.39 is 0 Å². The van der Waals surface area contributed by atoms with Crippen LogP contribution in [0.15, 0.2) is 53.7 Å². The molecule has 28 heavy (non-hydrogen) atoms. The molecular weight excluding hydrogens is 357 g/mol. The fourth-order valence-electron chi connectivity index (χ4n) is 3.05. The number of carbonyl (C=O) groups is 1. The van der Waals surface area contributed by atoms with E-state index >= 15 is 0 Å². The Balaban J connectivity index is 1.54. The predicted molar refractivity (Wildman–Crippen MR) is 110 cm³/mol. The number of aromatic nitrogens is 1. The zero-order valence-electron chi connectivity index (χ0n) is 16.0. The first kappa shape index (κ1) is 19.4. The summed E-state index contributed by atoms with van der Waals surface area (Å²) in [6.07, 6.45) is 2.64. The van der Waals surface area contributed by atoms with Gasteiger partial charge in [0, 0.05) is 49.8 Å². The molecule has 6 nitrogen and oxygen atoms in total. The Morgan fingerprint density at radius 2 is 2.04 bits per heavy atom. The van der Waals surface area contributed by atoms with E-state index in [1.807, 2.05) is 24.4 Å². The van der Waals surface area contributed by atoms with E-state index in [0.29, 0.717) is 24.6 Å². The quantitative estimate of drug-likeness (QED) is 0.391. The summed E-state index contributed by atoms with van der Waals surface area (Å²) < 4.78 is 13.5. The number of fused-ring (bicyclic) bond motifs is 1. The molecule has 0 radical (unpaired) electrons. The maximum atomic E-state index is 13.5. The average molecular weight is 381 g/mol.